The molecule has 1 aliphatic heterocycles. The number of allylic oxidation sites excluding steroid dienone is 4. The summed E-state index contributed by atoms with van der Waals surface area (Å²) in [6.07, 6.45) is 11.6. The summed E-state index contributed by atoms with van der Waals surface area (Å²) >= 11 is 7.04. The maximum Gasteiger partial charge on any atom is 0.410 e. The Balaban J connectivity index is 1.16. The van der Waals surface area contributed by atoms with Gasteiger partial charge in [0.25, 0.3) is 0 Å². The van der Waals surface area contributed by atoms with E-state index in [1.165, 1.54) is 19.3 Å². The average molecular weight is 718 g/mol. The average Bonchev–Trinajstić information content (AvgIpc) is 3.84. The lowest BCUT2D eigenvalue weighted by Crippen LogP contribution is -2.50. The summed E-state index contributed by atoms with van der Waals surface area (Å²) in [5.41, 5.74) is 4.95. The lowest BCUT2D eigenvalue weighted by molar-refractivity contribution is 0.0142. The molecule has 0 spiro atoms. The fraction of sp³-hybridized carbons (Fsp3) is 0.575. The molecule has 4 atom stereocenters. The predicted molar refractivity (Wildman–Crippen MR) is 199 cm³/mol. The number of hydrogen-bond donors (Lipinski definition) is 1. The van der Waals surface area contributed by atoms with Crippen LogP contribution in [0, 0.1) is 37.5 Å². The molecular formula is C40H52ClN5O5. The second-order valence-electron chi connectivity index (χ2n) is 15.9. The molecule has 2 aromatic heterocycles. The third-order valence-electron chi connectivity index (χ3n) is 11.6. The zero-order valence-corrected chi connectivity index (χ0v) is 31.6. The Hall–Kier alpha value is -3.76. The van der Waals surface area contributed by atoms with E-state index in [9.17, 15) is 14.7 Å². The van der Waals surface area contributed by atoms with Crippen LogP contribution in [0.25, 0.3) is 22.0 Å². The fourth-order valence-electron chi connectivity index (χ4n) is 9.32. The molecule has 3 heterocycles. The van der Waals surface area contributed by atoms with Crippen molar-refractivity contribution in [2.75, 3.05) is 39.3 Å². The highest BCUT2D eigenvalue weighted by atomic mass is 35.5. The second-order valence-corrected chi connectivity index (χ2v) is 16.3. The Morgan fingerprint density at radius 3 is 2.47 bits per heavy atom. The van der Waals surface area contributed by atoms with Crippen LogP contribution < -0.4 is 0 Å². The van der Waals surface area contributed by atoms with Crippen LogP contribution in [0.4, 0.5) is 4.79 Å². The molecular weight excluding hydrogens is 666 g/mol. The molecule has 11 heteroatoms. The number of carbonyl (C=O) groups is 2. The van der Waals surface area contributed by atoms with Gasteiger partial charge in [0.15, 0.2) is 0 Å². The van der Waals surface area contributed by atoms with Crippen molar-refractivity contribution >= 4 is 34.6 Å². The van der Waals surface area contributed by atoms with E-state index in [4.69, 9.17) is 21.1 Å². The Labute approximate surface area is 306 Å². The second kappa shape index (κ2) is 14.0. The molecule has 2 bridgehead atoms. The number of fused-ring (bicyclic) bond motifs is 6. The summed E-state index contributed by atoms with van der Waals surface area (Å²) in [5.74, 6) is 2.75. The highest BCUT2D eigenvalue weighted by Crippen LogP contribution is 2.56. The van der Waals surface area contributed by atoms with Crippen LogP contribution in [0.1, 0.15) is 73.9 Å². The largest absolute Gasteiger partial charge is 0.498 e. The van der Waals surface area contributed by atoms with E-state index in [0.29, 0.717) is 81.3 Å². The van der Waals surface area contributed by atoms with E-state index in [1.54, 1.807) is 4.90 Å². The number of amides is 1. The van der Waals surface area contributed by atoms with Crippen molar-refractivity contribution in [2.24, 2.45) is 30.7 Å². The topological polar surface area (TPSA) is 102 Å². The Morgan fingerprint density at radius 2 is 1.78 bits per heavy atom. The maximum absolute atomic E-state index is 13.3. The van der Waals surface area contributed by atoms with Crippen molar-refractivity contribution in [3.63, 3.8) is 0 Å². The normalized spacial score (nSPS) is 23.2. The van der Waals surface area contributed by atoms with E-state index >= 15 is 0 Å². The van der Waals surface area contributed by atoms with Gasteiger partial charge in [-0.2, -0.15) is 5.10 Å². The SMILES string of the molecule is Cc1nn(C)c(C)c1-c1c(Cl)ccc2c(CCCOC3=CC=CC4C5CCC(C5)C34)c(C(=O)O)n(CCN3CCN(C(=O)OC(C)(C)C)CC3)c12. The Bertz CT molecular complexity index is 1890. The Kier molecular flexibility index (Phi) is 9.78. The first-order chi connectivity index (χ1) is 24.3. The minimum absolute atomic E-state index is 0.298. The molecule has 1 amide bonds. The van der Waals surface area contributed by atoms with Gasteiger partial charge in [-0.1, -0.05) is 29.8 Å². The number of piperazine rings is 1. The van der Waals surface area contributed by atoms with Crippen molar-refractivity contribution < 1.29 is 24.2 Å². The molecule has 0 radical (unpaired) electrons. The number of aryl methyl sites for hydroxylation is 3. The van der Waals surface area contributed by atoms with Gasteiger partial charge in [-0.15, -0.1) is 0 Å². The number of aromatic carboxylic acids is 1. The van der Waals surface area contributed by atoms with Crippen LogP contribution >= 0.6 is 11.6 Å². The molecule has 4 unspecified atom stereocenters. The Morgan fingerprint density at radius 1 is 1.04 bits per heavy atom. The number of benzene rings is 1. The molecule has 10 nitrogen and oxygen atoms in total. The van der Waals surface area contributed by atoms with E-state index in [2.05, 4.69) is 28.2 Å². The van der Waals surface area contributed by atoms with Gasteiger partial charge in [-0.05, 0) is 102 Å². The van der Waals surface area contributed by atoms with Crippen molar-refractivity contribution in [1.29, 1.82) is 0 Å². The predicted octanol–water partition coefficient (Wildman–Crippen LogP) is 7.63. The quantitative estimate of drug-likeness (QED) is 0.215. The molecule has 51 heavy (non-hydrogen) atoms. The zero-order chi connectivity index (χ0) is 36.2. The van der Waals surface area contributed by atoms with E-state index in [1.807, 2.05) is 63.0 Å². The van der Waals surface area contributed by atoms with E-state index in [-0.39, 0.29) is 6.09 Å². The van der Waals surface area contributed by atoms with E-state index < -0.39 is 11.6 Å². The smallest absolute Gasteiger partial charge is 0.410 e. The molecule has 4 aliphatic rings. The van der Waals surface area contributed by atoms with Crippen LogP contribution in [-0.2, 0) is 29.5 Å². The lowest BCUT2D eigenvalue weighted by Gasteiger charge is -2.35. The van der Waals surface area contributed by atoms with Crippen LogP contribution in [-0.4, -0.2) is 86.2 Å². The van der Waals surface area contributed by atoms with Gasteiger partial charge in [0, 0.05) is 74.4 Å². The van der Waals surface area contributed by atoms with Gasteiger partial charge in [0.1, 0.15) is 11.3 Å². The molecule has 274 valence electrons. The number of nitrogens with zero attached hydrogens (tertiary/aromatic N) is 5. The number of carboxylic acid groups (broad SMARTS) is 1. The molecule has 3 aromatic rings. The molecule has 2 saturated carbocycles. The lowest BCUT2D eigenvalue weighted by atomic mass is 9.76. The minimum Gasteiger partial charge on any atom is -0.498 e. The first-order valence-corrected chi connectivity index (χ1v) is 19.0. The summed E-state index contributed by atoms with van der Waals surface area (Å²) in [6, 6.07) is 3.88. The molecule has 3 aliphatic carbocycles. The number of halogens is 1. The number of hydrogen-bond acceptors (Lipinski definition) is 6. The summed E-state index contributed by atoms with van der Waals surface area (Å²) < 4.78 is 15.9. The van der Waals surface area contributed by atoms with Crippen molar-refractivity contribution in [3.05, 3.63) is 63.8 Å². The minimum atomic E-state index is -0.955. The van der Waals surface area contributed by atoms with E-state index in [0.717, 1.165) is 56.6 Å². The number of ether oxygens (including phenoxy) is 2. The highest BCUT2D eigenvalue weighted by Gasteiger charge is 2.49. The fourth-order valence-corrected chi connectivity index (χ4v) is 9.56. The van der Waals surface area contributed by atoms with Gasteiger partial charge >= 0.3 is 12.1 Å². The molecule has 3 fully saturated rings. The number of carbonyl (C=O) groups excluding carboxylic acids is 1. The van der Waals surface area contributed by atoms with Gasteiger partial charge < -0.3 is 24.0 Å². The zero-order valence-electron chi connectivity index (χ0n) is 30.9. The van der Waals surface area contributed by atoms with Crippen LogP contribution in [0.2, 0.25) is 5.02 Å². The molecule has 1 aromatic carbocycles. The molecule has 7 rings (SSSR count). The monoisotopic (exact) mass is 717 g/mol. The molecule has 1 N–H and O–H groups in total. The number of rotatable bonds is 10. The van der Waals surface area contributed by atoms with Crippen LogP contribution in [0.3, 0.4) is 0 Å². The summed E-state index contributed by atoms with van der Waals surface area (Å²) in [4.78, 5) is 30.0. The van der Waals surface area contributed by atoms with Crippen LogP contribution in [0.15, 0.2) is 36.1 Å². The third kappa shape index (κ3) is 6.81. The standard InChI is InChI=1S/C40H52ClN5O5/c1-24-33(25(2)43(6)42-24)35-31(41)15-14-30-29(10-8-22-50-32-11-7-9-28-26-12-13-27(23-26)34(28)32)37(38(47)48)46(36(30)35)21-18-44-16-19-45(20-17-44)39(49)51-40(3,4)5/h7,9,11,14-15,26-28,34H,8,10,12-13,16-23H2,1-6H3,(H,47,48). The summed E-state index contributed by atoms with van der Waals surface area (Å²) in [6.45, 7) is 13.7. The van der Waals surface area contributed by atoms with Gasteiger partial charge in [-0.3, -0.25) is 9.58 Å². The van der Waals surface area contributed by atoms with Crippen molar-refractivity contribution in [2.45, 2.75) is 78.9 Å². The summed E-state index contributed by atoms with van der Waals surface area (Å²) in [5, 5.41) is 17.0. The van der Waals surface area contributed by atoms with Gasteiger partial charge in [0.2, 0.25) is 0 Å². The van der Waals surface area contributed by atoms with Gasteiger partial charge in [-0.25, -0.2) is 9.59 Å². The summed E-state index contributed by atoms with van der Waals surface area (Å²) in [7, 11) is 1.92. The number of aromatic nitrogens is 3. The first kappa shape index (κ1) is 35.6. The van der Waals surface area contributed by atoms with Crippen LogP contribution in [0.5, 0.6) is 0 Å². The highest BCUT2D eigenvalue weighted by molar-refractivity contribution is 6.35. The van der Waals surface area contributed by atoms with Crippen molar-refractivity contribution in [1.82, 2.24) is 24.1 Å². The van der Waals surface area contributed by atoms with Gasteiger partial charge in [0.05, 0.1) is 28.6 Å². The molecule has 1 saturated heterocycles. The third-order valence-corrected chi connectivity index (χ3v) is 12.0. The van der Waals surface area contributed by atoms with Crippen molar-refractivity contribution in [3.8, 4) is 11.1 Å². The number of carboxylic acids is 1. The maximum atomic E-state index is 13.3. The first-order valence-electron chi connectivity index (χ1n) is 18.6.